The molecule has 0 unspecified atom stereocenters. The van der Waals surface area contributed by atoms with Crippen LogP contribution < -0.4 is 5.73 Å². The number of aromatic nitrogens is 3. The van der Waals surface area contributed by atoms with Crippen LogP contribution in [0.5, 0.6) is 0 Å². The fourth-order valence-corrected chi connectivity index (χ4v) is 4.46. The van der Waals surface area contributed by atoms with Crippen LogP contribution in [-0.4, -0.2) is 68.3 Å². The second-order valence-electron chi connectivity index (χ2n) is 9.32. The molecule has 0 saturated carbocycles. The van der Waals surface area contributed by atoms with Gasteiger partial charge in [0.25, 0.3) is 0 Å². The van der Waals surface area contributed by atoms with Crippen molar-refractivity contribution in [1.29, 1.82) is 0 Å². The lowest BCUT2D eigenvalue weighted by Crippen LogP contribution is -2.48. The first-order valence-electron chi connectivity index (χ1n) is 13.0. The topological polar surface area (TPSA) is 110 Å². The highest BCUT2D eigenvalue weighted by molar-refractivity contribution is 5.90. The molecule has 0 radical (unpaired) electrons. The number of amides is 1. The average Bonchev–Trinajstić information content (AvgIpc) is 3.26. The van der Waals surface area contributed by atoms with Crippen molar-refractivity contribution in [3.05, 3.63) is 53.5 Å². The van der Waals surface area contributed by atoms with Crippen molar-refractivity contribution in [3.63, 3.8) is 0 Å². The highest BCUT2D eigenvalue weighted by atomic mass is 16.5. The summed E-state index contributed by atoms with van der Waals surface area (Å²) in [6, 6.07) is 10.1. The first kappa shape index (κ1) is 26.5. The predicted molar refractivity (Wildman–Crippen MR) is 144 cm³/mol. The summed E-state index contributed by atoms with van der Waals surface area (Å²) in [7, 11) is 0. The monoisotopic (exact) mass is 504 g/mol. The minimum atomic E-state index is -0.836. The molecule has 1 fully saturated rings. The molecule has 0 aliphatic carbocycles. The molecule has 1 saturated heterocycles. The number of anilines is 1. The molecule has 37 heavy (non-hydrogen) atoms. The molecule has 1 amide bonds. The summed E-state index contributed by atoms with van der Waals surface area (Å²) >= 11 is 0. The van der Waals surface area contributed by atoms with E-state index in [4.69, 9.17) is 20.6 Å². The molecule has 3 heterocycles. The fourth-order valence-electron chi connectivity index (χ4n) is 4.46. The number of aryl methyl sites for hydroxylation is 1. The van der Waals surface area contributed by atoms with E-state index in [-0.39, 0.29) is 0 Å². The Morgan fingerprint density at radius 1 is 1.14 bits per heavy atom. The number of carbonyl (C=O) groups is 1. The van der Waals surface area contributed by atoms with Crippen LogP contribution in [0.2, 0.25) is 0 Å². The second-order valence-corrected chi connectivity index (χ2v) is 9.32. The van der Waals surface area contributed by atoms with Crippen molar-refractivity contribution in [1.82, 2.24) is 24.3 Å². The maximum absolute atomic E-state index is 11.1. The smallest absolute Gasteiger partial charge is 0.407 e. The minimum Gasteiger partial charge on any atom is -0.465 e. The largest absolute Gasteiger partial charge is 0.465 e. The summed E-state index contributed by atoms with van der Waals surface area (Å²) in [5, 5.41) is 9.10. The SMILES string of the molecule is CCCCc1nc(N)c2c(n1)c(C#CCCCN1CCN(C(=O)O)CC1)cn2COCc1ccccc1. The van der Waals surface area contributed by atoms with Crippen LogP contribution in [0.4, 0.5) is 10.6 Å². The highest BCUT2D eigenvalue weighted by Gasteiger charge is 2.19. The Hall–Kier alpha value is -3.61. The maximum Gasteiger partial charge on any atom is 0.407 e. The Morgan fingerprint density at radius 2 is 1.92 bits per heavy atom. The van der Waals surface area contributed by atoms with Crippen LogP contribution in [0.3, 0.4) is 0 Å². The molecule has 0 spiro atoms. The van der Waals surface area contributed by atoms with Crippen molar-refractivity contribution >= 4 is 22.9 Å². The van der Waals surface area contributed by atoms with Gasteiger partial charge in [-0.15, -0.1) is 0 Å². The summed E-state index contributed by atoms with van der Waals surface area (Å²) in [6.07, 6.45) is 5.66. The number of carboxylic acid groups (broad SMARTS) is 1. The third kappa shape index (κ3) is 7.21. The number of nitrogen functional groups attached to an aromatic ring is 1. The molecule has 4 rings (SSSR count). The lowest BCUT2D eigenvalue weighted by Gasteiger charge is -2.32. The number of nitrogens with zero attached hydrogens (tertiary/aromatic N) is 5. The maximum atomic E-state index is 11.1. The molecule has 0 bridgehead atoms. The van der Waals surface area contributed by atoms with Gasteiger partial charge in [-0.25, -0.2) is 14.8 Å². The van der Waals surface area contributed by atoms with Gasteiger partial charge in [-0.05, 0) is 24.9 Å². The van der Waals surface area contributed by atoms with E-state index in [0.717, 1.165) is 79.7 Å². The zero-order valence-electron chi connectivity index (χ0n) is 21.5. The van der Waals surface area contributed by atoms with Gasteiger partial charge in [0.1, 0.15) is 23.6 Å². The second kappa shape index (κ2) is 13.1. The van der Waals surface area contributed by atoms with E-state index in [9.17, 15) is 4.79 Å². The van der Waals surface area contributed by atoms with Crippen LogP contribution in [0, 0.1) is 11.8 Å². The van der Waals surface area contributed by atoms with Gasteiger partial charge in [-0.2, -0.15) is 0 Å². The molecule has 196 valence electrons. The van der Waals surface area contributed by atoms with E-state index in [1.54, 1.807) is 0 Å². The van der Waals surface area contributed by atoms with Gasteiger partial charge < -0.3 is 25.0 Å². The Bertz CT molecular complexity index is 1240. The third-order valence-corrected chi connectivity index (χ3v) is 6.52. The van der Waals surface area contributed by atoms with Crippen LogP contribution in [-0.2, 0) is 24.5 Å². The Labute approximate surface area is 218 Å². The van der Waals surface area contributed by atoms with Crippen LogP contribution in [0.1, 0.15) is 49.6 Å². The number of hydrogen-bond donors (Lipinski definition) is 2. The van der Waals surface area contributed by atoms with E-state index in [0.29, 0.717) is 32.2 Å². The van der Waals surface area contributed by atoms with Gasteiger partial charge in [-0.3, -0.25) is 4.90 Å². The lowest BCUT2D eigenvalue weighted by molar-refractivity contribution is 0.0668. The third-order valence-electron chi connectivity index (χ3n) is 6.52. The van der Waals surface area contributed by atoms with Crippen LogP contribution in [0.25, 0.3) is 11.0 Å². The fraction of sp³-hybridized carbons (Fsp3) is 0.464. The zero-order chi connectivity index (χ0) is 26.0. The Balaban J connectivity index is 1.43. The number of unbranched alkanes of at least 4 members (excludes halogenated alkanes) is 2. The molecule has 3 N–H and O–H groups in total. The summed E-state index contributed by atoms with van der Waals surface area (Å²) in [6.45, 7) is 6.55. The van der Waals surface area contributed by atoms with E-state index < -0.39 is 6.09 Å². The molecule has 2 aromatic heterocycles. The molecule has 9 heteroatoms. The van der Waals surface area contributed by atoms with E-state index in [1.165, 1.54) is 4.90 Å². The minimum absolute atomic E-state index is 0.331. The van der Waals surface area contributed by atoms with Gasteiger partial charge in [0.2, 0.25) is 0 Å². The number of nitrogens with two attached hydrogens (primary N) is 1. The van der Waals surface area contributed by atoms with E-state index >= 15 is 0 Å². The number of fused-ring (bicyclic) bond motifs is 1. The van der Waals surface area contributed by atoms with Gasteiger partial charge in [0, 0.05) is 45.2 Å². The number of piperazine rings is 1. The molecular formula is C28H36N6O3. The van der Waals surface area contributed by atoms with Gasteiger partial charge in [-0.1, -0.05) is 55.5 Å². The normalized spacial score (nSPS) is 14.0. The van der Waals surface area contributed by atoms with Crippen LogP contribution in [0.15, 0.2) is 36.5 Å². The van der Waals surface area contributed by atoms with Gasteiger partial charge in [0.05, 0.1) is 12.2 Å². The predicted octanol–water partition coefficient (Wildman–Crippen LogP) is 3.96. The first-order chi connectivity index (χ1) is 18.0. The van der Waals surface area contributed by atoms with Gasteiger partial charge >= 0.3 is 6.09 Å². The van der Waals surface area contributed by atoms with Crippen molar-refractivity contribution in [2.24, 2.45) is 0 Å². The zero-order valence-corrected chi connectivity index (χ0v) is 21.5. The molecule has 0 atom stereocenters. The molecule has 9 nitrogen and oxygen atoms in total. The quantitative estimate of drug-likeness (QED) is 0.318. The highest BCUT2D eigenvalue weighted by Crippen LogP contribution is 2.24. The number of ether oxygens (including phenoxy) is 1. The number of benzene rings is 1. The number of hydrogen-bond acceptors (Lipinski definition) is 6. The summed E-state index contributed by atoms with van der Waals surface area (Å²) in [4.78, 5) is 24.2. The van der Waals surface area contributed by atoms with Crippen LogP contribution >= 0.6 is 0 Å². The van der Waals surface area contributed by atoms with Crippen molar-refractivity contribution in [2.45, 2.75) is 52.4 Å². The average molecular weight is 505 g/mol. The van der Waals surface area contributed by atoms with E-state index in [1.807, 2.05) is 41.1 Å². The lowest BCUT2D eigenvalue weighted by atomic mass is 10.2. The Kier molecular flexibility index (Phi) is 9.35. The van der Waals surface area contributed by atoms with Crippen molar-refractivity contribution in [2.75, 3.05) is 38.5 Å². The molecule has 1 aliphatic heterocycles. The van der Waals surface area contributed by atoms with E-state index in [2.05, 4.69) is 28.6 Å². The van der Waals surface area contributed by atoms with Crippen molar-refractivity contribution in [3.8, 4) is 11.8 Å². The first-order valence-corrected chi connectivity index (χ1v) is 13.0. The molecule has 1 aromatic carbocycles. The molecular weight excluding hydrogens is 468 g/mol. The molecule has 3 aromatic rings. The van der Waals surface area contributed by atoms with Crippen molar-refractivity contribution < 1.29 is 14.6 Å². The molecule has 1 aliphatic rings. The summed E-state index contributed by atoms with van der Waals surface area (Å²) in [5.41, 5.74) is 9.87. The summed E-state index contributed by atoms with van der Waals surface area (Å²) in [5.74, 6) is 7.81. The van der Waals surface area contributed by atoms with Gasteiger partial charge in [0.15, 0.2) is 5.82 Å². The summed E-state index contributed by atoms with van der Waals surface area (Å²) < 4.78 is 7.92. The Morgan fingerprint density at radius 3 is 2.65 bits per heavy atom. The number of rotatable bonds is 10. The standard InChI is InChI=1S/C28H36N6O3/c1-2-3-13-24-30-25-23(12-8-5-9-14-32-15-17-33(18-16-32)28(35)36)19-34(26(25)27(29)31-24)21-37-20-22-10-6-4-7-11-22/h4,6-7,10-11,19H,2-3,5,9,13-18,20-21H2,1H3,(H,35,36)(H2,29,30,31).